The topological polar surface area (TPSA) is 79.6 Å². The van der Waals surface area contributed by atoms with Crippen LogP contribution in [0.3, 0.4) is 0 Å². The monoisotopic (exact) mass is 380 g/mol. The zero-order valence-corrected chi connectivity index (χ0v) is 15.7. The lowest BCUT2D eigenvalue weighted by Crippen LogP contribution is -2.42. The summed E-state index contributed by atoms with van der Waals surface area (Å²) in [6.45, 7) is 2.11. The average molecular weight is 380 g/mol. The summed E-state index contributed by atoms with van der Waals surface area (Å²) < 4.78 is 0. The molecule has 0 unspecified atom stereocenters. The number of amides is 1. The van der Waals surface area contributed by atoms with Crippen molar-refractivity contribution in [2.24, 2.45) is 5.92 Å². The second kappa shape index (κ2) is 7.96. The highest BCUT2D eigenvalue weighted by Crippen LogP contribution is 2.36. The van der Waals surface area contributed by atoms with Gasteiger partial charge in [0, 0.05) is 44.0 Å². The molecule has 1 aromatic carbocycles. The molecule has 2 aromatic rings. The fourth-order valence-corrected chi connectivity index (χ4v) is 4.44. The first-order valence-corrected chi connectivity index (χ1v) is 9.84. The highest BCUT2D eigenvalue weighted by Gasteiger charge is 2.36. The second-order valence-corrected chi connectivity index (χ2v) is 7.48. The number of pyridine rings is 1. The van der Waals surface area contributed by atoms with E-state index in [1.807, 2.05) is 34.2 Å². The van der Waals surface area contributed by atoms with Crippen LogP contribution in [0.2, 0.25) is 0 Å². The summed E-state index contributed by atoms with van der Waals surface area (Å²) in [5, 5.41) is 11.3. The van der Waals surface area contributed by atoms with Crippen molar-refractivity contribution in [3.05, 3.63) is 64.5 Å². The highest BCUT2D eigenvalue weighted by atomic mass is 16.6. The molecule has 0 radical (unpaired) electrons. The number of hydrogen-bond acceptors (Lipinski definition) is 5. The van der Waals surface area contributed by atoms with Gasteiger partial charge in [-0.05, 0) is 43.4 Å². The predicted molar refractivity (Wildman–Crippen MR) is 106 cm³/mol. The Labute approximate surface area is 164 Å². The first-order chi connectivity index (χ1) is 13.6. The van der Waals surface area contributed by atoms with E-state index < -0.39 is 0 Å². The van der Waals surface area contributed by atoms with Gasteiger partial charge in [-0.1, -0.05) is 18.2 Å². The summed E-state index contributed by atoms with van der Waals surface area (Å²) in [5.41, 5.74) is 1.88. The Kier molecular flexibility index (Phi) is 5.23. The summed E-state index contributed by atoms with van der Waals surface area (Å²) in [6.07, 6.45) is 7.05. The first kappa shape index (κ1) is 18.4. The Morgan fingerprint density at radius 3 is 2.57 bits per heavy atom. The fourth-order valence-electron chi connectivity index (χ4n) is 4.44. The minimum absolute atomic E-state index is 0.0173. The number of anilines is 1. The maximum absolute atomic E-state index is 13.2. The van der Waals surface area contributed by atoms with Crippen LogP contribution in [0.15, 0.2) is 48.8 Å². The first-order valence-electron chi connectivity index (χ1n) is 9.84. The number of likely N-dealkylation sites (tertiary alicyclic amines) is 1. The van der Waals surface area contributed by atoms with Crippen LogP contribution < -0.4 is 4.90 Å². The Hall–Kier alpha value is -2.96. The van der Waals surface area contributed by atoms with Crippen LogP contribution in [0.5, 0.6) is 0 Å². The van der Waals surface area contributed by atoms with E-state index in [9.17, 15) is 14.9 Å². The summed E-state index contributed by atoms with van der Waals surface area (Å²) >= 11 is 0. The number of carbonyl (C=O) groups is 1. The van der Waals surface area contributed by atoms with Crippen LogP contribution in [0.25, 0.3) is 0 Å². The van der Waals surface area contributed by atoms with Crippen molar-refractivity contribution < 1.29 is 9.72 Å². The van der Waals surface area contributed by atoms with Crippen LogP contribution in [0.4, 0.5) is 11.4 Å². The molecular weight excluding hydrogens is 356 g/mol. The lowest BCUT2D eigenvalue weighted by Gasteiger charge is -2.35. The van der Waals surface area contributed by atoms with E-state index in [-0.39, 0.29) is 28.5 Å². The molecule has 28 heavy (non-hydrogen) atoms. The Bertz CT molecular complexity index is 850. The maximum atomic E-state index is 13.2. The van der Waals surface area contributed by atoms with Gasteiger partial charge in [-0.25, -0.2) is 0 Å². The van der Waals surface area contributed by atoms with Gasteiger partial charge in [0.2, 0.25) is 5.91 Å². The highest BCUT2D eigenvalue weighted by molar-refractivity contribution is 5.80. The number of para-hydroxylation sites is 2. The van der Waals surface area contributed by atoms with Crippen molar-refractivity contribution in [1.82, 2.24) is 9.88 Å². The van der Waals surface area contributed by atoms with Gasteiger partial charge in [0.15, 0.2) is 0 Å². The lowest BCUT2D eigenvalue weighted by molar-refractivity contribution is -0.384. The maximum Gasteiger partial charge on any atom is 0.292 e. The third-order valence-corrected chi connectivity index (χ3v) is 5.87. The molecule has 1 amide bonds. The van der Waals surface area contributed by atoms with Crippen LogP contribution >= 0.6 is 0 Å². The van der Waals surface area contributed by atoms with Gasteiger partial charge in [-0.15, -0.1) is 0 Å². The largest absolute Gasteiger partial charge is 0.366 e. The average Bonchev–Trinajstić information content (AvgIpc) is 3.24. The third kappa shape index (κ3) is 3.56. The zero-order valence-electron chi connectivity index (χ0n) is 15.7. The van der Waals surface area contributed by atoms with Crippen LogP contribution in [0.1, 0.15) is 37.3 Å². The van der Waals surface area contributed by atoms with Crippen molar-refractivity contribution in [3.63, 3.8) is 0 Å². The van der Waals surface area contributed by atoms with Crippen molar-refractivity contribution in [2.75, 3.05) is 24.5 Å². The molecule has 7 heteroatoms. The molecular formula is C21H24N4O3. The molecule has 0 saturated carbocycles. The number of nitrogens with zero attached hydrogens (tertiary/aromatic N) is 4. The van der Waals surface area contributed by atoms with Gasteiger partial charge in [-0.2, -0.15) is 0 Å². The van der Waals surface area contributed by atoms with E-state index in [1.165, 1.54) is 6.07 Å². The number of hydrogen-bond donors (Lipinski definition) is 0. The summed E-state index contributed by atoms with van der Waals surface area (Å²) in [6, 6.07) is 10.9. The van der Waals surface area contributed by atoms with Gasteiger partial charge in [0.25, 0.3) is 5.69 Å². The molecule has 0 N–H and O–H groups in total. The van der Waals surface area contributed by atoms with E-state index >= 15 is 0 Å². The molecule has 2 aliphatic heterocycles. The molecule has 2 fully saturated rings. The smallest absolute Gasteiger partial charge is 0.292 e. The van der Waals surface area contributed by atoms with Crippen molar-refractivity contribution >= 4 is 17.3 Å². The molecule has 1 atom stereocenters. The summed E-state index contributed by atoms with van der Waals surface area (Å²) in [5.74, 6) is 0.199. The fraction of sp³-hybridized carbons (Fsp3) is 0.429. The van der Waals surface area contributed by atoms with Gasteiger partial charge in [0.05, 0.1) is 11.0 Å². The number of rotatable bonds is 4. The Morgan fingerprint density at radius 2 is 1.86 bits per heavy atom. The van der Waals surface area contributed by atoms with Crippen molar-refractivity contribution in [3.8, 4) is 0 Å². The normalized spacial score (nSPS) is 20.4. The molecule has 2 saturated heterocycles. The van der Waals surface area contributed by atoms with Gasteiger partial charge < -0.3 is 9.80 Å². The minimum Gasteiger partial charge on any atom is -0.366 e. The number of nitro benzene ring substituents is 1. The quantitative estimate of drug-likeness (QED) is 0.598. The summed E-state index contributed by atoms with van der Waals surface area (Å²) in [7, 11) is 0. The van der Waals surface area contributed by atoms with E-state index in [1.54, 1.807) is 18.3 Å². The van der Waals surface area contributed by atoms with Crippen LogP contribution in [-0.4, -0.2) is 40.3 Å². The SMILES string of the molecule is O=C(C1CCN(c2ccccc2[N+](=O)[O-])CC1)N1CCC[C@H]1c1cccnc1. The Balaban J connectivity index is 1.43. The molecule has 146 valence electrons. The van der Waals surface area contributed by atoms with E-state index in [0.717, 1.165) is 37.8 Å². The van der Waals surface area contributed by atoms with Gasteiger partial charge >= 0.3 is 0 Å². The molecule has 2 aliphatic rings. The van der Waals surface area contributed by atoms with E-state index in [4.69, 9.17) is 0 Å². The van der Waals surface area contributed by atoms with Crippen molar-refractivity contribution in [2.45, 2.75) is 31.7 Å². The number of benzene rings is 1. The Morgan fingerprint density at radius 1 is 1.07 bits per heavy atom. The van der Waals surface area contributed by atoms with Gasteiger partial charge in [0.1, 0.15) is 5.69 Å². The molecule has 0 spiro atoms. The summed E-state index contributed by atoms with van der Waals surface area (Å²) in [4.78, 5) is 32.4. The number of nitro groups is 1. The van der Waals surface area contributed by atoms with Crippen LogP contribution in [0, 0.1) is 16.0 Å². The molecule has 0 bridgehead atoms. The standard InChI is InChI=1S/C21H24N4O3/c26-21(24-12-4-8-18(24)17-5-3-11-22-15-17)16-9-13-23(14-10-16)19-6-1-2-7-20(19)25(27)28/h1-3,5-7,11,15-16,18H,4,8-10,12-14H2/t18-/m0/s1. The molecule has 1 aromatic heterocycles. The van der Waals surface area contributed by atoms with E-state index in [2.05, 4.69) is 4.98 Å². The molecule has 3 heterocycles. The lowest BCUT2D eigenvalue weighted by atomic mass is 9.94. The minimum atomic E-state index is -0.338. The van der Waals surface area contributed by atoms with Crippen LogP contribution in [-0.2, 0) is 4.79 Å². The second-order valence-electron chi connectivity index (χ2n) is 7.48. The molecule has 0 aliphatic carbocycles. The predicted octanol–water partition coefficient (Wildman–Crippen LogP) is 3.57. The van der Waals surface area contributed by atoms with Crippen molar-refractivity contribution in [1.29, 1.82) is 0 Å². The number of carbonyl (C=O) groups excluding carboxylic acids is 1. The van der Waals surface area contributed by atoms with E-state index in [0.29, 0.717) is 18.8 Å². The zero-order chi connectivity index (χ0) is 19.5. The number of piperidine rings is 1. The molecule has 7 nitrogen and oxygen atoms in total. The number of aromatic nitrogens is 1. The van der Waals surface area contributed by atoms with Gasteiger partial charge in [-0.3, -0.25) is 19.9 Å². The molecule has 4 rings (SSSR count). The third-order valence-electron chi connectivity index (χ3n) is 5.87.